The Morgan fingerprint density at radius 1 is 0.682 bits per heavy atom. The van der Waals surface area contributed by atoms with E-state index in [1.807, 2.05) is 0 Å². The van der Waals surface area contributed by atoms with E-state index in [1.165, 1.54) is 24.3 Å². The van der Waals surface area contributed by atoms with Crippen LogP contribution < -0.4 is 8.37 Å². The van der Waals surface area contributed by atoms with Crippen molar-refractivity contribution >= 4 is 20.8 Å². The molecular weight excluding hydrogens is 336 g/mol. The van der Waals surface area contributed by atoms with Gasteiger partial charge in [0.15, 0.2) is 0 Å². The monoisotopic (exact) mass is 346 g/mol. The van der Waals surface area contributed by atoms with Crippen molar-refractivity contribution in [2.75, 3.05) is 0 Å². The third-order valence-electron chi connectivity index (χ3n) is 2.14. The van der Waals surface area contributed by atoms with E-state index < -0.39 is 20.8 Å². The van der Waals surface area contributed by atoms with E-state index in [-0.39, 0.29) is 17.2 Å². The Morgan fingerprint density at radius 3 is 1.64 bits per heavy atom. The maximum Gasteiger partial charge on any atom is 0.466 e. The van der Waals surface area contributed by atoms with E-state index in [1.54, 1.807) is 6.07 Å². The van der Waals surface area contributed by atoms with E-state index >= 15 is 0 Å². The van der Waals surface area contributed by atoms with Crippen LogP contribution in [0.5, 0.6) is 17.2 Å². The first-order valence-electron chi connectivity index (χ1n) is 5.70. The fourth-order valence-corrected chi connectivity index (χ4v) is 3.08. The van der Waals surface area contributed by atoms with Gasteiger partial charge in [0.2, 0.25) is 0 Å². The summed E-state index contributed by atoms with van der Waals surface area (Å²) in [5.74, 6) is -0.485. The normalized spacial score (nSPS) is 11.8. The largest absolute Gasteiger partial charge is 0.508 e. The lowest BCUT2D eigenvalue weighted by atomic mass is 10.3. The lowest BCUT2D eigenvalue weighted by molar-refractivity contribution is 0.351. The molecule has 0 radical (unpaired) electrons. The van der Waals surface area contributed by atoms with Gasteiger partial charge in [0.1, 0.15) is 17.2 Å². The van der Waals surface area contributed by atoms with Crippen molar-refractivity contribution in [2.24, 2.45) is 0 Å². The van der Waals surface area contributed by atoms with Gasteiger partial charge in [-0.25, -0.2) is 0 Å². The molecule has 118 valence electrons. The zero-order valence-electron chi connectivity index (χ0n) is 10.8. The van der Waals surface area contributed by atoms with Crippen LogP contribution in [-0.4, -0.2) is 21.9 Å². The summed E-state index contributed by atoms with van der Waals surface area (Å²) in [6, 6.07) is 11.7. The lowest BCUT2D eigenvalue weighted by Gasteiger charge is -2.08. The summed E-state index contributed by atoms with van der Waals surface area (Å²) in [5, 5.41) is 9.05. The molecule has 0 spiro atoms. The van der Waals surface area contributed by atoms with Crippen molar-refractivity contribution in [3.8, 4) is 17.2 Å². The molecule has 0 amide bonds. The average molecular weight is 346 g/mol. The molecule has 2 rings (SSSR count). The molecule has 0 heterocycles. The van der Waals surface area contributed by atoms with Crippen LogP contribution in [0.25, 0.3) is 0 Å². The molecule has 0 saturated heterocycles. The highest BCUT2D eigenvalue weighted by Gasteiger charge is 2.27. The summed E-state index contributed by atoms with van der Waals surface area (Å²) in [4.78, 5) is 0. The molecule has 0 saturated carbocycles. The van der Waals surface area contributed by atoms with Gasteiger partial charge in [-0.1, -0.05) is 21.8 Å². The minimum Gasteiger partial charge on any atom is -0.508 e. The van der Waals surface area contributed by atoms with Crippen LogP contribution in [-0.2, 0) is 24.4 Å². The van der Waals surface area contributed by atoms with Gasteiger partial charge in [-0.15, -0.1) is 0 Å². The number of para-hydroxylation sites is 1. The minimum absolute atomic E-state index is 0.120. The standard InChI is InChI=1S/C12H10O8S2/c13-10-6-8-12(9-7-10)19-22(16,17)20-21(14,15)18-11-4-2-1-3-5-11/h1-9,13H. The van der Waals surface area contributed by atoms with E-state index in [9.17, 15) is 16.8 Å². The quantitative estimate of drug-likeness (QED) is 0.833. The molecule has 1 N–H and O–H groups in total. The predicted octanol–water partition coefficient (Wildman–Crippen LogP) is 1.36. The number of aromatic hydroxyl groups is 1. The summed E-state index contributed by atoms with van der Waals surface area (Å²) < 4.78 is 58.8. The average Bonchev–Trinajstić information content (AvgIpc) is 2.40. The SMILES string of the molecule is O=S(=O)(Oc1ccccc1)OS(=O)(=O)Oc1ccc(O)cc1. The van der Waals surface area contributed by atoms with E-state index in [2.05, 4.69) is 12.0 Å². The number of phenolic OH excluding ortho intramolecular Hbond substituents is 1. The second kappa shape index (κ2) is 6.22. The molecule has 8 nitrogen and oxygen atoms in total. The Hall–Kier alpha value is -2.30. The fraction of sp³-hybridized carbons (Fsp3) is 0. The molecule has 0 aromatic heterocycles. The highest BCUT2D eigenvalue weighted by Crippen LogP contribution is 2.20. The highest BCUT2D eigenvalue weighted by atomic mass is 32.3. The van der Waals surface area contributed by atoms with E-state index in [0.29, 0.717) is 0 Å². The summed E-state index contributed by atoms with van der Waals surface area (Å²) in [6.45, 7) is 0. The van der Waals surface area contributed by atoms with Crippen LogP contribution in [0.4, 0.5) is 0 Å². The summed E-state index contributed by atoms with van der Waals surface area (Å²) >= 11 is 0. The van der Waals surface area contributed by atoms with Crippen molar-refractivity contribution < 1.29 is 33.9 Å². The first-order valence-corrected chi connectivity index (χ1v) is 8.36. The number of benzene rings is 2. The van der Waals surface area contributed by atoms with Crippen molar-refractivity contribution in [2.45, 2.75) is 0 Å². The van der Waals surface area contributed by atoms with Gasteiger partial charge in [0.25, 0.3) is 0 Å². The van der Waals surface area contributed by atoms with E-state index in [4.69, 9.17) is 5.11 Å². The Balaban J connectivity index is 2.08. The molecule has 0 atom stereocenters. The van der Waals surface area contributed by atoms with Gasteiger partial charge in [-0.3, -0.25) is 0 Å². The molecule has 0 unspecified atom stereocenters. The third kappa shape index (κ3) is 4.91. The highest BCUT2D eigenvalue weighted by molar-refractivity contribution is 7.95. The minimum atomic E-state index is -4.92. The van der Waals surface area contributed by atoms with E-state index in [0.717, 1.165) is 24.3 Å². The Kier molecular flexibility index (Phi) is 4.54. The number of hydrogen-bond donors (Lipinski definition) is 1. The smallest absolute Gasteiger partial charge is 0.466 e. The summed E-state index contributed by atoms with van der Waals surface area (Å²) in [7, 11) is -9.80. The third-order valence-corrected chi connectivity index (χ3v) is 4.27. The fourth-order valence-electron chi connectivity index (χ4n) is 1.34. The van der Waals surface area contributed by atoms with Crippen molar-refractivity contribution in [3.63, 3.8) is 0 Å². The lowest BCUT2D eigenvalue weighted by Crippen LogP contribution is -2.22. The van der Waals surface area contributed by atoms with Gasteiger partial charge in [-0.2, -0.15) is 16.8 Å². The second-order valence-electron chi connectivity index (χ2n) is 3.86. The van der Waals surface area contributed by atoms with Gasteiger partial charge in [0.05, 0.1) is 0 Å². The van der Waals surface area contributed by atoms with Crippen LogP contribution in [0.2, 0.25) is 0 Å². The van der Waals surface area contributed by atoms with Crippen molar-refractivity contribution in [1.82, 2.24) is 0 Å². The maximum absolute atomic E-state index is 11.5. The zero-order chi connectivity index (χ0) is 16.2. The molecule has 0 aliphatic heterocycles. The van der Waals surface area contributed by atoms with Gasteiger partial charge >= 0.3 is 20.8 Å². The topological polar surface area (TPSA) is 116 Å². The van der Waals surface area contributed by atoms with Crippen LogP contribution in [0.3, 0.4) is 0 Å². The van der Waals surface area contributed by atoms with Crippen molar-refractivity contribution in [1.29, 1.82) is 0 Å². The first kappa shape index (κ1) is 16.1. The molecule has 0 fully saturated rings. The van der Waals surface area contributed by atoms with Crippen molar-refractivity contribution in [3.05, 3.63) is 54.6 Å². The summed E-state index contributed by atoms with van der Waals surface area (Å²) in [5.41, 5.74) is 0. The molecule has 22 heavy (non-hydrogen) atoms. The molecular formula is C12H10O8S2. The first-order chi connectivity index (χ1) is 10.3. The molecule has 0 aliphatic rings. The molecule has 0 aliphatic carbocycles. The number of phenols is 1. The Morgan fingerprint density at radius 2 is 1.14 bits per heavy atom. The second-order valence-corrected chi connectivity index (χ2v) is 6.37. The van der Waals surface area contributed by atoms with Gasteiger partial charge < -0.3 is 13.5 Å². The molecule has 2 aromatic rings. The number of rotatable bonds is 6. The van der Waals surface area contributed by atoms with Gasteiger partial charge in [0, 0.05) is 0 Å². The maximum atomic E-state index is 11.5. The van der Waals surface area contributed by atoms with Crippen LogP contribution in [0, 0.1) is 0 Å². The molecule has 2 aromatic carbocycles. The predicted molar refractivity (Wildman–Crippen MR) is 74.7 cm³/mol. The zero-order valence-corrected chi connectivity index (χ0v) is 12.5. The van der Waals surface area contributed by atoms with Crippen LogP contribution in [0.1, 0.15) is 0 Å². The summed E-state index contributed by atoms with van der Waals surface area (Å²) in [6.07, 6.45) is 0. The molecule has 0 bridgehead atoms. The number of hydrogen-bond acceptors (Lipinski definition) is 8. The van der Waals surface area contributed by atoms with Crippen LogP contribution >= 0.6 is 0 Å². The molecule has 10 heteroatoms. The Bertz CT molecular complexity index is 826. The Labute approximate surface area is 127 Å². The van der Waals surface area contributed by atoms with Crippen LogP contribution in [0.15, 0.2) is 54.6 Å². The van der Waals surface area contributed by atoms with Gasteiger partial charge in [-0.05, 0) is 36.4 Å².